The minimum atomic E-state index is -0.910. The average molecular weight is 511 g/mol. The van der Waals surface area contributed by atoms with Crippen molar-refractivity contribution in [3.63, 3.8) is 0 Å². The van der Waals surface area contributed by atoms with Gasteiger partial charge in [-0.3, -0.25) is 4.68 Å². The molecule has 0 aliphatic carbocycles. The molecule has 0 aromatic carbocycles. The molecule has 0 spiro atoms. The van der Waals surface area contributed by atoms with Crippen LogP contribution in [0.15, 0.2) is 24.7 Å². The lowest BCUT2D eigenvalue weighted by Crippen LogP contribution is -2.37. The molecule has 37 heavy (non-hydrogen) atoms. The predicted octanol–water partition coefficient (Wildman–Crippen LogP) is 2.73. The Hall–Kier alpha value is -3.31. The molecule has 0 fully saturated rings. The van der Waals surface area contributed by atoms with Crippen LogP contribution in [0.25, 0.3) is 11.0 Å². The number of hydrogen-bond acceptors (Lipinski definition) is 9. The standard InChI is InChI=1S/C26H38N8O3/c1-3-37-16-15-34(13-5-4-8-20-10-9-19-7-6-12-27-23(19)31-20)14-11-22(26(35)36)32-24-21-17-30-33(2)25(21)29-18-28-24/h9-10,17-18,22H,3-8,11-16H2,1-2H3,(H,27,31)(H,35,36)(H,28,29,32)/t22-/m0/s1. The summed E-state index contributed by atoms with van der Waals surface area (Å²) in [6, 6.07) is 3.57. The third kappa shape index (κ3) is 7.36. The van der Waals surface area contributed by atoms with Crippen molar-refractivity contribution in [3.8, 4) is 0 Å². The third-order valence-electron chi connectivity index (χ3n) is 6.74. The number of rotatable bonds is 15. The second-order valence-corrected chi connectivity index (χ2v) is 9.39. The van der Waals surface area contributed by atoms with E-state index in [-0.39, 0.29) is 0 Å². The molecular formula is C26H38N8O3. The van der Waals surface area contributed by atoms with Gasteiger partial charge in [0.15, 0.2) is 5.65 Å². The van der Waals surface area contributed by atoms with Crippen LogP contribution in [0.3, 0.4) is 0 Å². The van der Waals surface area contributed by atoms with Crippen molar-refractivity contribution in [3.05, 3.63) is 35.9 Å². The first-order valence-corrected chi connectivity index (χ1v) is 13.2. The van der Waals surface area contributed by atoms with Gasteiger partial charge in [-0.05, 0) is 63.6 Å². The van der Waals surface area contributed by atoms with Gasteiger partial charge in [0.25, 0.3) is 0 Å². The zero-order valence-electron chi connectivity index (χ0n) is 21.8. The molecule has 0 saturated heterocycles. The van der Waals surface area contributed by atoms with Gasteiger partial charge in [0.05, 0.1) is 18.2 Å². The van der Waals surface area contributed by atoms with Crippen molar-refractivity contribution >= 4 is 28.6 Å². The Morgan fingerprint density at radius 1 is 1.27 bits per heavy atom. The van der Waals surface area contributed by atoms with Crippen molar-refractivity contribution in [2.75, 3.05) is 50.0 Å². The summed E-state index contributed by atoms with van der Waals surface area (Å²) in [5.74, 6) is 0.618. The van der Waals surface area contributed by atoms with Crippen LogP contribution >= 0.6 is 0 Å². The van der Waals surface area contributed by atoms with Crippen LogP contribution in [0.5, 0.6) is 0 Å². The Morgan fingerprint density at radius 2 is 2.16 bits per heavy atom. The number of carboxylic acids is 1. The molecule has 0 unspecified atom stereocenters. The fourth-order valence-corrected chi connectivity index (χ4v) is 4.63. The number of anilines is 2. The predicted molar refractivity (Wildman–Crippen MR) is 143 cm³/mol. The molecule has 0 bridgehead atoms. The van der Waals surface area contributed by atoms with E-state index in [2.05, 4.69) is 42.7 Å². The molecule has 3 aromatic heterocycles. The lowest BCUT2D eigenvalue weighted by Gasteiger charge is -2.24. The smallest absolute Gasteiger partial charge is 0.326 e. The molecule has 3 aromatic rings. The van der Waals surface area contributed by atoms with Gasteiger partial charge >= 0.3 is 5.97 Å². The maximum Gasteiger partial charge on any atom is 0.326 e. The molecule has 200 valence electrons. The summed E-state index contributed by atoms with van der Waals surface area (Å²) in [5.41, 5.74) is 3.09. The van der Waals surface area contributed by atoms with Crippen LogP contribution in [0, 0.1) is 0 Å². The highest BCUT2D eigenvalue weighted by atomic mass is 16.5. The van der Waals surface area contributed by atoms with E-state index < -0.39 is 12.0 Å². The number of pyridine rings is 1. The number of ether oxygens (including phenoxy) is 1. The number of aromatic nitrogens is 5. The average Bonchev–Trinajstić information content (AvgIpc) is 3.29. The van der Waals surface area contributed by atoms with Crippen molar-refractivity contribution in [1.29, 1.82) is 0 Å². The van der Waals surface area contributed by atoms with Crippen molar-refractivity contribution < 1.29 is 14.6 Å². The zero-order valence-corrected chi connectivity index (χ0v) is 21.8. The SMILES string of the molecule is CCOCCN(CCCCc1ccc2c(n1)NCCC2)CC[C@H](Nc1ncnc2c1cnn2C)C(=O)O. The summed E-state index contributed by atoms with van der Waals surface area (Å²) in [6.07, 6.45) is 8.74. The first-order valence-electron chi connectivity index (χ1n) is 13.2. The lowest BCUT2D eigenvalue weighted by molar-refractivity contribution is -0.138. The monoisotopic (exact) mass is 510 g/mol. The Labute approximate surface area is 217 Å². The van der Waals surface area contributed by atoms with E-state index in [1.165, 1.54) is 11.9 Å². The van der Waals surface area contributed by atoms with Crippen LogP contribution in [0.4, 0.5) is 11.6 Å². The number of nitrogens with one attached hydrogen (secondary N) is 2. The Balaban J connectivity index is 1.30. The molecule has 1 aliphatic heterocycles. The van der Waals surface area contributed by atoms with Gasteiger partial charge in [0.1, 0.15) is 24.0 Å². The molecule has 11 nitrogen and oxygen atoms in total. The van der Waals surface area contributed by atoms with Gasteiger partial charge in [-0.1, -0.05) is 6.07 Å². The Kier molecular flexibility index (Phi) is 9.61. The van der Waals surface area contributed by atoms with Crippen molar-refractivity contribution in [2.45, 2.75) is 51.5 Å². The van der Waals surface area contributed by atoms with E-state index in [9.17, 15) is 9.90 Å². The van der Waals surface area contributed by atoms with Gasteiger partial charge in [0.2, 0.25) is 0 Å². The quantitative estimate of drug-likeness (QED) is 0.262. The van der Waals surface area contributed by atoms with E-state index in [0.29, 0.717) is 43.0 Å². The summed E-state index contributed by atoms with van der Waals surface area (Å²) < 4.78 is 7.22. The second kappa shape index (κ2) is 13.3. The molecule has 0 amide bonds. The van der Waals surface area contributed by atoms with Crippen LogP contribution in [-0.2, 0) is 29.4 Å². The fraction of sp³-hybridized carbons (Fsp3) is 0.577. The number of nitrogens with zero attached hydrogens (tertiary/aromatic N) is 6. The molecule has 4 heterocycles. The molecule has 3 N–H and O–H groups in total. The molecule has 0 saturated carbocycles. The van der Waals surface area contributed by atoms with Gasteiger partial charge in [0, 0.05) is 39.0 Å². The van der Waals surface area contributed by atoms with Crippen LogP contribution < -0.4 is 10.6 Å². The number of unbranched alkanes of at least 4 members (excludes halogenated alkanes) is 1. The zero-order chi connectivity index (χ0) is 26.0. The summed E-state index contributed by atoms with van der Waals surface area (Å²) >= 11 is 0. The van der Waals surface area contributed by atoms with Gasteiger partial charge in [-0.25, -0.2) is 19.7 Å². The van der Waals surface area contributed by atoms with E-state index in [4.69, 9.17) is 9.72 Å². The van der Waals surface area contributed by atoms with Gasteiger partial charge < -0.3 is 25.4 Å². The van der Waals surface area contributed by atoms with Crippen LogP contribution in [0.1, 0.15) is 43.9 Å². The third-order valence-corrected chi connectivity index (χ3v) is 6.74. The van der Waals surface area contributed by atoms with E-state index in [0.717, 1.165) is 63.3 Å². The first kappa shape index (κ1) is 26.7. The number of fused-ring (bicyclic) bond motifs is 2. The normalized spacial score (nSPS) is 13.9. The minimum absolute atomic E-state index is 0.436. The topological polar surface area (TPSA) is 130 Å². The minimum Gasteiger partial charge on any atom is -0.480 e. The lowest BCUT2D eigenvalue weighted by atomic mass is 10.1. The first-order chi connectivity index (χ1) is 18.0. The van der Waals surface area contributed by atoms with E-state index >= 15 is 0 Å². The summed E-state index contributed by atoms with van der Waals surface area (Å²) in [5, 5.41) is 21.3. The molecule has 4 rings (SSSR count). The number of aliphatic carboxylic acids is 1. The van der Waals surface area contributed by atoms with Gasteiger partial charge in [-0.15, -0.1) is 0 Å². The molecule has 1 atom stereocenters. The van der Waals surface area contributed by atoms with Crippen molar-refractivity contribution in [2.24, 2.45) is 7.05 Å². The molecular weight excluding hydrogens is 472 g/mol. The molecule has 0 radical (unpaired) electrons. The number of hydrogen-bond donors (Lipinski definition) is 3. The van der Waals surface area contributed by atoms with Crippen LogP contribution in [-0.4, -0.2) is 86.1 Å². The largest absolute Gasteiger partial charge is 0.480 e. The maximum atomic E-state index is 12.1. The highest BCUT2D eigenvalue weighted by Gasteiger charge is 2.21. The summed E-state index contributed by atoms with van der Waals surface area (Å²) in [4.78, 5) is 27.6. The summed E-state index contributed by atoms with van der Waals surface area (Å²) in [6.45, 7) is 6.55. The fourth-order valence-electron chi connectivity index (χ4n) is 4.63. The summed E-state index contributed by atoms with van der Waals surface area (Å²) in [7, 11) is 1.79. The number of aryl methyl sites for hydroxylation is 3. The Bertz CT molecular complexity index is 1170. The van der Waals surface area contributed by atoms with Crippen molar-refractivity contribution in [1.82, 2.24) is 29.6 Å². The highest BCUT2D eigenvalue weighted by Crippen LogP contribution is 2.21. The van der Waals surface area contributed by atoms with E-state index in [1.54, 1.807) is 17.9 Å². The highest BCUT2D eigenvalue weighted by molar-refractivity contribution is 5.88. The molecule has 1 aliphatic rings. The van der Waals surface area contributed by atoms with Gasteiger partial charge in [-0.2, -0.15) is 5.10 Å². The maximum absolute atomic E-state index is 12.1. The second-order valence-electron chi connectivity index (χ2n) is 9.39. The Morgan fingerprint density at radius 3 is 3.00 bits per heavy atom. The molecule has 11 heteroatoms. The number of carbonyl (C=O) groups is 1. The van der Waals surface area contributed by atoms with Crippen LogP contribution in [0.2, 0.25) is 0 Å². The number of carboxylic acid groups (broad SMARTS) is 1. The van der Waals surface area contributed by atoms with E-state index in [1.807, 2.05) is 6.92 Å².